The summed E-state index contributed by atoms with van der Waals surface area (Å²) in [7, 11) is 0. The molecule has 0 radical (unpaired) electrons. The number of hydrogen-bond donors (Lipinski definition) is 0. The van der Waals surface area contributed by atoms with E-state index in [1.165, 1.54) is 13.8 Å². The Labute approximate surface area is 150 Å². The Morgan fingerprint density at radius 1 is 0.783 bits per heavy atom. The Balaban J connectivity index is 2.16. The third kappa shape index (κ3) is 3.66. The molecule has 1 aliphatic rings. The molecule has 5 nitrogen and oxygen atoms in total. The molecule has 23 heavy (non-hydrogen) atoms. The summed E-state index contributed by atoms with van der Waals surface area (Å²) in [5.41, 5.74) is 1.98. The SMILES string of the molecule is CC(=O)OI1OI(OC(C)=O)c2ccccc2-c2ccccc21. The fourth-order valence-corrected chi connectivity index (χ4v) is 12.5. The zero-order chi connectivity index (χ0) is 16.4. The van der Waals surface area contributed by atoms with E-state index in [1.807, 2.05) is 48.5 Å². The first kappa shape index (κ1) is 16.7. The number of hydrogen-bond acceptors (Lipinski definition) is 5. The number of carbonyl (C=O) groups excluding carboxylic acids is 2. The predicted molar refractivity (Wildman–Crippen MR) is 102 cm³/mol. The second-order valence-corrected chi connectivity index (χ2v) is 12.8. The molecule has 0 unspecified atom stereocenters. The van der Waals surface area contributed by atoms with Gasteiger partial charge in [-0.05, 0) is 0 Å². The van der Waals surface area contributed by atoms with E-state index in [0.717, 1.165) is 18.3 Å². The first-order valence-electron chi connectivity index (χ1n) is 6.72. The summed E-state index contributed by atoms with van der Waals surface area (Å²) in [5.74, 6) is -0.760. The standard InChI is InChI=1S/C16H14I2O5/c1-11(19)21-17-15-9-5-3-7-13(15)14-8-4-6-10-16(14)18(23-17)22-12(2)20/h3-10H,1-2H3. The molecule has 0 aliphatic carbocycles. The predicted octanol–water partition coefficient (Wildman–Crippen LogP) is 4.52. The number of carbonyl (C=O) groups is 2. The van der Waals surface area contributed by atoms with E-state index >= 15 is 0 Å². The van der Waals surface area contributed by atoms with Crippen molar-refractivity contribution in [3.63, 3.8) is 0 Å². The van der Waals surface area contributed by atoms with Gasteiger partial charge in [0.05, 0.1) is 0 Å². The van der Waals surface area contributed by atoms with Gasteiger partial charge in [0.2, 0.25) is 0 Å². The normalized spacial score (nSPS) is 15.9. The molecule has 0 fully saturated rings. The van der Waals surface area contributed by atoms with E-state index in [2.05, 4.69) is 0 Å². The van der Waals surface area contributed by atoms with Gasteiger partial charge in [-0.25, -0.2) is 0 Å². The summed E-state index contributed by atoms with van der Waals surface area (Å²) in [6, 6.07) is 15.5. The van der Waals surface area contributed by atoms with Gasteiger partial charge in [0.15, 0.2) is 0 Å². The molecule has 0 aromatic heterocycles. The van der Waals surface area contributed by atoms with Crippen LogP contribution in [0, 0.1) is 7.14 Å². The summed E-state index contributed by atoms with van der Waals surface area (Å²) in [6.07, 6.45) is 0. The molecule has 0 spiro atoms. The number of halogens is 2. The third-order valence-corrected chi connectivity index (χ3v) is 13.3. The van der Waals surface area contributed by atoms with Crippen molar-refractivity contribution in [2.24, 2.45) is 0 Å². The Kier molecular flexibility index (Phi) is 5.17. The van der Waals surface area contributed by atoms with Crippen molar-refractivity contribution in [1.82, 2.24) is 0 Å². The molecule has 122 valence electrons. The summed E-state index contributed by atoms with van der Waals surface area (Å²) in [4.78, 5) is 23.0. The maximum atomic E-state index is 11.5. The van der Waals surface area contributed by atoms with E-state index in [4.69, 9.17) is 7.53 Å². The summed E-state index contributed by atoms with van der Waals surface area (Å²) in [5, 5.41) is 0. The third-order valence-electron chi connectivity index (χ3n) is 2.83. The molecule has 7 heteroatoms. The molecule has 0 atom stereocenters. The van der Waals surface area contributed by atoms with Crippen LogP contribution in [0.1, 0.15) is 13.8 Å². The quantitative estimate of drug-likeness (QED) is 0.525. The zero-order valence-electron chi connectivity index (χ0n) is 12.4. The van der Waals surface area contributed by atoms with Crippen molar-refractivity contribution < 1.29 is 17.1 Å². The summed E-state index contributed by atoms with van der Waals surface area (Å²) < 4.78 is 18.9. The van der Waals surface area contributed by atoms with Crippen LogP contribution in [0.3, 0.4) is 0 Å². The van der Waals surface area contributed by atoms with Gasteiger partial charge in [0, 0.05) is 0 Å². The van der Waals surface area contributed by atoms with Gasteiger partial charge in [-0.2, -0.15) is 0 Å². The van der Waals surface area contributed by atoms with Crippen molar-refractivity contribution in [3.8, 4) is 11.1 Å². The van der Waals surface area contributed by atoms with Crippen LogP contribution in [0.15, 0.2) is 48.5 Å². The van der Waals surface area contributed by atoms with Gasteiger partial charge >= 0.3 is 151 Å². The second kappa shape index (κ2) is 7.14. The fraction of sp³-hybridized carbons (Fsp3) is 0.125. The molecule has 2 aromatic rings. The van der Waals surface area contributed by atoms with Crippen LogP contribution in [0.25, 0.3) is 11.1 Å². The van der Waals surface area contributed by atoms with E-state index in [-0.39, 0.29) is 11.9 Å². The van der Waals surface area contributed by atoms with Crippen LogP contribution < -0.4 is 0 Å². The Morgan fingerprint density at radius 3 is 1.57 bits per heavy atom. The minimum absolute atomic E-state index is 0.380. The number of fused-ring (bicyclic) bond motifs is 3. The van der Waals surface area contributed by atoms with Crippen molar-refractivity contribution in [2.75, 3.05) is 0 Å². The number of rotatable bonds is 2. The zero-order valence-corrected chi connectivity index (χ0v) is 16.7. The Hall–Kier alpha value is -1.20. The molecule has 0 amide bonds. The molecule has 2 aromatic carbocycles. The Morgan fingerprint density at radius 2 is 1.17 bits per heavy atom. The minimum atomic E-state index is -2.69. The summed E-state index contributed by atoms with van der Waals surface area (Å²) >= 11 is -5.39. The number of benzene rings is 2. The molecule has 0 N–H and O–H groups in total. The van der Waals surface area contributed by atoms with Gasteiger partial charge in [-0.3, -0.25) is 0 Å². The van der Waals surface area contributed by atoms with Gasteiger partial charge in [-0.1, -0.05) is 0 Å². The van der Waals surface area contributed by atoms with Crippen LogP contribution in [-0.4, -0.2) is 11.9 Å². The molecule has 3 rings (SSSR count). The average Bonchev–Trinajstić information content (AvgIpc) is 2.64. The molecule has 0 bridgehead atoms. The van der Waals surface area contributed by atoms with Crippen molar-refractivity contribution in [1.29, 1.82) is 0 Å². The fourth-order valence-electron chi connectivity index (χ4n) is 2.04. The maximum absolute atomic E-state index is 11.5. The van der Waals surface area contributed by atoms with Crippen LogP contribution in [0.5, 0.6) is 0 Å². The van der Waals surface area contributed by atoms with E-state index in [9.17, 15) is 9.59 Å². The topological polar surface area (TPSA) is 61.8 Å². The van der Waals surface area contributed by atoms with Crippen LogP contribution in [0.4, 0.5) is 0 Å². The van der Waals surface area contributed by atoms with Crippen LogP contribution >= 0.6 is 41.3 Å². The van der Waals surface area contributed by atoms with Gasteiger partial charge in [0.25, 0.3) is 0 Å². The van der Waals surface area contributed by atoms with Gasteiger partial charge < -0.3 is 0 Å². The van der Waals surface area contributed by atoms with Crippen molar-refractivity contribution in [3.05, 3.63) is 55.7 Å². The van der Waals surface area contributed by atoms with E-state index in [1.54, 1.807) is 0 Å². The molecular formula is C16H14I2O5. The Bertz CT molecular complexity index is 698. The van der Waals surface area contributed by atoms with Crippen LogP contribution in [0.2, 0.25) is 0 Å². The van der Waals surface area contributed by atoms with Crippen LogP contribution in [-0.2, 0) is 17.1 Å². The van der Waals surface area contributed by atoms with Crippen molar-refractivity contribution >= 4 is 53.2 Å². The van der Waals surface area contributed by atoms with E-state index < -0.39 is 41.3 Å². The molecule has 1 aliphatic heterocycles. The van der Waals surface area contributed by atoms with Gasteiger partial charge in [0.1, 0.15) is 0 Å². The van der Waals surface area contributed by atoms with Crippen molar-refractivity contribution in [2.45, 2.75) is 13.8 Å². The monoisotopic (exact) mass is 540 g/mol. The first-order chi connectivity index (χ1) is 11.1. The molecule has 0 saturated carbocycles. The first-order valence-corrected chi connectivity index (χ1v) is 12.4. The summed E-state index contributed by atoms with van der Waals surface area (Å²) in [6.45, 7) is 2.73. The van der Waals surface area contributed by atoms with Gasteiger partial charge in [-0.15, -0.1) is 0 Å². The average molecular weight is 540 g/mol. The molecule has 1 heterocycles. The van der Waals surface area contributed by atoms with E-state index in [0.29, 0.717) is 0 Å². The second-order valence-electron chi connectivity index (χ2n) is 4.59. The molecular weight excluding hydrogens is 526 g/mol. The molecule has 0 saturated heterocycles.